The van der Waals surface area contributed by atoms with E-state index in [0.717, 1.165) is 22.3 Å². The molecule has 2 heteroatoms. The third kappa shape index (κ3) is 2.04. The Bertz CT molecular complexity index is 803. The predicted octanol–water partition coefficient (Wildman–Crippen LogP) is 4.22. The highest BCUT2D eigenvalue weighted by atomic mass is 16.5. The van der Waals surface area contributed by atoms with Gasteiger partial charge in [0.05, 0.1) is 6.61 Å². The fourth-order valence-corrected chi connectivity index (χ4v) is 3.76. The van der Waals surface area contributed by atoms with Crippen molar-refractivity contribution in [2.75, 3.05) is 6.61 Å². The monoisotopic (exact) mass is 316 g/mol. The molecule has 0 radical (unpaired) electrons. The molecule has 1 N–H and O–H groups in total. The normalized spacial score (nSPS) is 21.4. The van der Waals surface area contributed by atoms with E-state index < -0.39 is 11.2 Å². The molecular formula is C22H20O2. The van der Waals surface area contributed by atoms with Crippen molar-refractivity contribution in [3.05, 3.63) is 107 Å². The second-order valence-corrected chi connectivity index (χ2v) is 6.45. The molecule has 120 valence electrons. The molecule has 0 aromatic heterocycles. The third-order valence-electron chi connectivity index (χ3n) is 4.92. The number of aliphatic hydroxyl groups excluding tert-OH is 1. The molecule has 0 aliphatic carbocycles. The van der Waals surface area contributed by atoms with E-state index in [1.54, 1.807) is 0 Å². The lowest BCUT2D eigenvalue weighted by molar-refractivity contribution is -0.116. The summed E-state index contributed by atoms with van der Waals surface area (Å²) in [7, 11) is 0. The van der Waals surface area contributed by atoms with Gasteiger partial charge in [0, 0.05) is 0 Å². The Morgan fingerprint density at radius 3 is 1.67 bits per heavy atom. The fraction of sp³-hybridized carbons (Fsp3) is 0.182. The van der Waals surface area contributed by atoms with Crippen LogP contribution in [0, 0.1) is 0 Å². The Labute approximate surface area is 142 Å². The fourth-order valence-electron chi connectivity index (χ4n) is 3.76. The van der Waals surface area contributed by atoms with Crippen LogP contribution in [0.2, 0.25) is 0 Å². The Morgan fingerprint density at radius 1 is 0.708 bits per heavy atom. The number of rotatable bonds is 3. The lowest BCUT2D eigenvalue weighted by atomic mass is 9.79. The van der Waals surface area contributed by atoms with E-state index in [4.69, 9.17) is 4.74 Å². The Kier molecular flexibility index (Phi) is 3.52. The maximum Gasteiger partial charge on any atom is 0.145 e. The molecule has 3 aromatic carbocycles. The van der Waals surface area contributed by atoms with Crippen LogP contribution in [0.3, 0.4) is 0 Å². The molecule has 0 bridgehead atoms. The molecule has 2 nitrogen and oxygen atoms in total. The van der Waals surface area contributed by atoms with Crippen molar-refractivity contribution >= 4 is 0 Å². The lowest BCUT2D eigenvalue weighted by Gasteiger charge is -2.34. The highest BCUT2D eigenvalue weighted by molar-refractivity contribution is 5.55. The van der Waals surface area contributed by atoms with E-state index in [1.165, 1.54) is 0 Å². The molecule has 0 saturated heterocycles. The average molecular weight is 316 g/mol. The second kappa shape index (κ2) is 5.59. The van der Waals surface area contributed by atoms with Gasteiger partial charge in [-0.3, -0.25) is 0 Å². The van der Waals surface area contributed by atoms with Crippen LogP contribution in [0.5, 0.6) is 0 Å². The van der Waals surface area contributed by atoms with Crippen LogP contribution in [0.1, 0.15) is 29.2 Å². The maximum atomic E-state index is 10.1. The van der Waals surface area contributed by atoms with Crippen LogP contribution in [0.4, 0.5) is 0 Å². The van der Waals surface area contributed by atoms with Crippen molar-refractivity contribution in [1.29, 1.82) is 0 Å². The van der Waals surface area contributed by atoms with Crippen LogP contribution in [0.25, 0.3) is 0 Å². The molecule has 24 heavy (non-hydrogen) atoms. The van der Waals surface area contributed by atoms with Gasteiger partial charge in [0.25, 0.3) is 0 Å². The van der Waals surface area contributed by atoms with Gasteiger partial charge in [0.15, 0.2) is 0 Å². The summed E-state index contributed by atoms with van der Waals surface area (Å²) in [5.41, 5.74) is 2.83. The van der Waals surface area contributed by atoms with Crippen LogP contribution >= 0.6 is 0 Å². The van der Waals surface area contributed by atoms with Crippen LogP contribution < -0.4 is 0 Å². The maximum absolute atomic E-state index is 10.1. The zero-order valence-corrected chi connectivity index (χ0v) is 13.6. The van der Waals surface area contributed by atoms with E-state index in [9.17, 15) is 5.11 Å². The first-order valence-corrected chi connectivity index (χ1v) is 8.23. The van der Waals surface area contributed by atoms with Gasteiger partial charge in [-0.15, -0.1) is 0 Å². The third-order valence-corrected chi connectivity index (χ3v) is 4.92. The number of aliphatic hydroxyl groups is 1. The van der Waals surface area contributed by atoms with Gasteiger partial charge in [-0.05, 0) is 29.2 Å². The minimum Gasteiger partial charge on any atom is -0.393 e. The van der Waals surface area contributed by atoms with Gasteiger partial charge in [-0.1, -0.05) is 84.9 Å². The summed E-state index contributed by atoms with van der Waals surface area (Å²) in [6, 6.07) is 28.7. The van der Waals surface area contributed by atoms with Gasteiger partial charge in [0.1, 0.15) is 11.2 Å². The topological polar surface area (TPSA) is 29.5 Å². The minimum absolute atomic E-state index is 0.0641. The molecule has 0 fully saturated rings. The molecular weight excluding hydrogens is 296 g/mol. The molecule has 1 heterocycles. The zero-order valence-electron chi connectivity index (χ0n) is 13.6. The molecule has 0 spiro atoms. The number of hydrogen-bond acceptors (Lipinski definition) is 2. The molecule has 1 unspecified atom stereocenters. The van der Waals surface area contributed by atoms with Gasteiger partial charge in [-0.2, -0.15) is 0 Å². The number of ether oxygens (including phenoxy) is 1. The predicted molar refractivity (Wildman–Crippen MR) is 94.7 cm³/mol. The van der Waals surface area contributed by atoms with Crippen LogP contribution in [-0.2, 0) is 15.9 Å². The average Bonchev–Trinajstić information content (AvgIpc) is 2.95. The summed E-state index contributed by atoms with van der Waals surface area (Å²) >= 11 is 0. The summed E-state index contributed by atoms with van der Waals surface area (Å²) in [6.45, 7) is 1.89. The quantitative estimate of drug-likeness (QED) is 0.784. The van der Waals surface area contributed by atoms with Crippen molar-refractivity contribution < 1.29 is 9.84 Å². The van der Waals surface area contributed by atoms with Crippen molar-refractivity contribution in [2.45, 2.75) is 18.1 Å². The van der Waals surface area contributed by atoms with Crippen molar-refractivity contribution in [2.24, 2.45) is 0 Å². The number of fused-ring (bicyclic) bond motifs is 1. The largest absolute Gasteiger partial charge is 0.393 e. The van der Waals surface area contributed by atoms with Gasteiger partial charge >= 0.3 is 0 Å². The lowest BCUT2D eigenvalue weighted by Crippen LogP contribution is -2.35. The molecule has 0 amide bonds. The van der Waals surface area contributed by atoms with Crippen molar-refractivity contribution in [3.63, 3.8) is 0 Å². The first-order valence-electron chi connectivity index (χ1n) is 8.23. The zero-order chi connectivity index (χ0) is 16.6. The SMILES string of the molecule is CC1(CO)OC(c2ccccc2)(c2ccccc2)c2ccccc21. The van der Waals surface area contributed by atoms with E-state index >= 15 is 0 Å². The number of hydrogen-bond donors (Lipinski definition) is 1. The Balaban J connectivity index is 2.07. The van der Waals surface area contributed by atoms with Crippen molar-refractivity contribution in [3.8, 4) is 0 Å². The molecule has 4 rings (SSSR count). The number of benzene rings is 3. The molecule has 3 aromatic rings. The first-order chi connectivity index (χ1) is 11.7. The highest BCUT2D eigenvalue weighted by Gasteiger charge is 2.52. The summed E-state index contributed by atoms with van der Waals surface area (Å²) in [5, 5.41) is 10.1. The summed E-state index contributed by atoms with van der Waals surface area (Å²) < 4.78 is 6.68. The van der Waals surface area contributed by atoms with Gasteiger partial charge in [-0.25, -0.2) is 0 Å². The summed E-state index contributed by atoms with van der Waals surface area (Å²) in [5.74, 6) is 0. The first kappa shape index (κ1) is 15.1. The van der Waals surface area contributed by atoms with Gasteiger partial charge in [0.2, 0.25) is 0 Å². The van der Waals surface area contributed by atoms with Gasteiger partial charge < -0.3 is 9.84 Å². The minimum atomic E-state index is -0.734. The van der Waals surface area contributed by atoms with Crippen molar-refractivity contribution in [1.82, 2.24) is 0 Å². The van der Waals surface area contributed by atoms with Crippen LogP contribution in [0.15, 0.2) is 84.9 Å². The summed E-state index contributed by atoms with van der Waals surface area (Å²) in [4.78, 5) is 0. The molecule has 1 atom stereocenters. The molecule has 1 aliphatic heterocycles. The Hall–Kier alpha value is -2.42. The standard InChI is InChI=1S/C22H20O2/c1-21(16-23)19-14-8-9-15-20(19)22(24-21,17-10-4-2-5-11-17)18-12-6-3-7-13-18/h2-15,23H,16H2,1H3. The summed E-state index contributed by atoms with van der Waals surface area (Å²) in [6.07, 6.45) is 0. The Morgan fingerprint density at radius 2 is 1.17 bits per heavy atom. The molecule has 0 saturated carbocycles. The van der Waals surface area contributed by atoms with Crippen LogP contribution in [-0.4, -0.2) is 11.7 Å². The van der Waals surface area contributed by atoms with E-state index in [-0.39, 0.29) is 6.61 Å². The smallest absolute Gasteiger partial charge is 0.145 e. The van der Waals surface area contributed by atoms with E-state index in [2.05, 4.69) is 36.4 Å². The van der Waals surface area contributed by atoms with E-state index in [0.29, 0.717) is 0 Å². The highest BCUT2D eigenvalue weighted by Crippen LogP contribution is 2.53. The second-order valence-electron chi connectivity index (χ2n) is 6.45. The van der Waals surface area contributed by atoms with E-state index in [1.807, 2.05) is 55.5 Å². The molecule has 1 aliphatic rings.